The zero-order valence-corrected chi connectivity index (χ0v) is 20.1. The molecule has 5 aromatic rings. The van der Waals surface area contributed by atoms with Crippen LogP contribution in [0.3, 0.4) is 0 Å². The Kier molecular flexibility index (Phi) is 7.34. The minimum absolute atomic E-state index is 0.476. The highest BCUT2D eigenvalue weighted by Crippen LogP contribution is 2.27. The quantitative estimate of drug-likeness (QED) is 0.247. The molecule has 0 aliphatic rings. The van der Waals surface area contributed by atoms with Crippen molar-refractivity contribution in [3.63, 3.8) is 0 Å². The Balaban J connectivity index is 1.45. The van der Waals surface area contributed by atoms with E-state index in [-0.39, 0.29) is 0 Å². The standard InChI is InChI=1S/C28H28N6O2/c1-35-16-17-36-24-14-12-23(13-15-24)31-28-32-26-25(29-20-30-26)27(33-28)34(18-21-8-4-2-5-9-21)19-22-10-6-3-7-11-22/h2-15,20H,16-19H2,1H3,(H2,29,30,31,32,33). The van der Waals surface area contributed by atoms with Crippen molar-refractivity contribution in [1.82, 2.24) is 19.9 Å². The molecule has 2 N–H and O–H groups in total. The predicted molar refractivity (Wildman–Crippen MR) is 142 cm³/mol. The van der Waals surface area contributed by atoms with Crippen molar-refractivity contribution in [3.8, 4) is 5.75 Å². The molecule has 2 aromatic heterocycles. The summed E-state index contributed by atoms with van der Waals surface area (Å²) in [5.41, 5.74) is 4.65. The molecule has 0 aliphatic heterocycles. The van der Waals surface area contributed by atoms with Crippen LogP contribution in [0.25, 0.3) is 11.2 Å². The second-order valence-corrected chi connectivity index (χ2v) is 8.29. The molecule has 0 spiro atoms. The highest BCUT2D eigenvalue weighted by molar-refractivity contribution is 5.84. The lowest BCUT2D eigenvalue weighted by Gasteiger charge is -2.25. The van der Waals surface area contributed by atoms with Crippen molar-refractivity contribution in [3.05, 3.63) is 102 Å². The number of hydrogen-bond acceptors (Lipinski definition) is 7. The lowest BCUT2D eigenvalue weighted by Crippen LogP contribution is -2.24. The van der Waals surface area contributed by atoms with Crippen LogP contribution in [-0.4, -0.2) is 40.3 Å². The highest BCUT2D eigenvalue weighted by atomic mass is 16.5. The summed E-state index contributed by atoms with van der Waals surface area (Å²) >= 11 is 0. The third-order valence-corrected chi connectivity index (χ3v) is 5.67. The number of methoxy groups -OCH3 is 1. The van der Waals surface area contributed by atoms with E-state index in [9.17, 15) is 0 Å². The van der Waals surface area contributed by atoms with E-state index in [0.29, 0.717) is 37.9 Å². The number of aromatic amines is 1. The molecule has 0 amide bonds. The molecule has 0 aliphatic carbocycles. The highest BCUT2D eigenvalue weighted by Gasteiger charge is 2.18. The number of anilines is 3. The van der Waals surface area contributed by atoms with Gasteiger partial charge in [0.25, 0.3) is 0 Å². The predicted octanol–water partition coefficient (Wildman–Crippen LogP) is 5.33. The SMILES string of the molecule is COCCOc1ccc(Nc2nc(N(Cc3ccccc3)Cc3ccccc3)c3[nH]cnc3n2)cc1. The Hall–Kier alpha value is -4.43. The van der Waals surface area contributed by atoms with Crippen LogP contribution >= 0.6 is 0 Å². The van der Waals surface area contributed by atoms with Crippen molar-refractivity contribution >= 4 is 28.6 Å². The maximum Gasteiger partial charge on any atom is 0.231 e. The van der Waals surface area contributed by atoms with Crippen LogP contribution in [0.1, 0.15) is 11.1 Å². The molecular weight excluding hydrogens is 452 g/mol. The third kappa shape index (κ3) is 5.79. The van der Waals surface area contributed by atoms with E-state index in [2.05, 4.69) is 73.7 Å². The van der Waals surface area contributed by atoms with E-state index in [1.807, 2.05) is 36.4 Å². The summed E-state index contributed by atoms with van der Waals surface area (Å²) in [5, 5.41) is 3.32. The van der Waals surface area contributed by atoms with Gasteiger partial charge in [-0.3, -0.25) is 0 Å². The maximum atomic E-state index is 5.66. The number of fused-ring (bicyclic) bond motifs is 1. The van der Waals surface area contributed by atoms with Gasteiger partial charge >= 0.3 is 0 Å². The van der Waals surface area contributed by atoms with E-state index in [0.717, 1.165) is 22.8 Å². The molecule has 36 heavy (non-hydrogen) atoms. The van der Waals surface area contributed by atoms with Gasteiger partial charge in [-0.25, -0.2) is 4.98 Å². The lowest BCUT2D eigenvalue weighted by molar-refractivity contribution is 0.146. The van der Waals surface area contributed by atoms with Crippen molar-refractivity contribution in [2.24, 2.45) is 0 Å². The maximum absolute atomic E-state index is 5.66. The molecule has 5 rings (SSSR count). The molecule has 0 fully saturated rings. The van der Waals surface area contributed by atoms with E-state index in [4.69, 9.17) is 14.5 Å². The summed E-state index contributed by atoms with van der Waals surface area (Å²) < 4.78 is 10.7. The van der Waals surface area contributed by atoms with Gasteiger partial charge in [0.15, 0.2) is 11.5 Å². The Labute approximate surface area is 210 Å². The molecule has 3 aromatic carbocycles. The lowest BCUT2D eigenvalue weighted by atomic mass is 10.1. The smallest absolute Gasteiger partial charge is 0.231 e. The molecule has 0 bridgehead atoms. The average Bonchev–Trinajstić information content (AvgIpc) is 3.39. The van der Waals surface area contributed by atoms with Gasteiger partial charge in [-0.1, -0.05) is 60.7 Å². The Bertz CT molecular complexity index is 1330. The summed E-state index contributed by atoms with van der Waals surface area (Å²) in [6.07, 6.45) is 1.65. The van der Waals surface area contributed by atoms with Crippen LogP contribution in [-0.2, 0) is 17.8 Å². The van der Waals surface area contributed by atoms with Gasteiger partial charge < -0.3 is 24.7 Å². The summed E-state index contributed by atoms with van der Waals surface area (Å²) in [7, 11) is 1.65. The first-order valence-electron chi connectivity index (χ1n) is 11.8. The topological polar surface area (TPSA) is 88.2 Å². The molecule has 0 atom stereocenters. The number of rotatable bonds is 11. The van der Waals surface area contributed by atoms with Crippen LogP contribution in [0.4, 0.5) is 17.5 Å². The minimum atomic E-state index is 0.476. The van der Waals surface area contributed by atoms with Crippen LogP contribution in [0.2, 0.25) is 0 Å². The van der Waals surface area contributed by atoms with Crippen molar-refractivity contribution in [2.45, 2.75) is 13.1 Å². The number of imidazole rings is 1. The van der Waals surface area contributed by atoms with Gasteiger partial charge in [0.2, 0.25) is 5.95 Å². The van der Waals surface area contributed by atoms with Crippen molar-refractivity contribution in [2.75, 3.05) is 30.5 Å². The number of hydrogen-bond donors (Lipinski definition) is 2. The Morgan fingerprint density at radius 3 is 2.11 bits per heavy atom. The first-order chi connectivity index (χ1) is 17.8. The van der Waals surface area contributed by atoms with Crippen molar-refractivity contribution in [1.29, 1.82) is 0 Å². The van der Waals surface area contributed by atoms with Gasteiger partial charge in [0.1, 0.15) is 17.9 Å². The number of ether oxygens (including phenoxy) is 2. The summed E-state index contributed by atoms with van der Waals surface area (Å²) in [6.45, 7) is 2.43. The van der Waals surface area contributed by atoms with Crippen LogP contribution in [0.5, 0.6) is 5.75 Å². The molecular formula is C28H28N6O2. The molecule has 8 nitrogen and oxygen atoms in total. The van der Waals surface area contributed by atoms with Gasteiger partial charge in [0, 0.05) is 25.9 Å². The van der Waals surface area contributed by atoms with Gasteiger partial charge in [-0.2, -0.15) is 9.97 Å². The van der Waals surface area contributed by atoms with E-state index >= 15 is 0 Å². The number of aromatic nitrogens is 4. The summed E-state index contributed by atoms with van der Waals surface area (Å²) in [6, 6.07) is 28.4. The molecule has 8 heteroatoms. The van der Waals surface area contributed by atoms with Crippen LogP contribution < -0.4 is 15.0 Å². The average molecular weight is 481 g/mol. The summed E-state index contributed by atoms with van der Waals surface area (Å²) in [5.74, 6) is 2.04. The first-order valence-corrected chi connectivity index (χ1v) is 11.8. The molecule has 2 heterocycles. The number of H-pyrrole nitrogens is 1. The molecule has 0 saturated heterocycles. The van der Waals surface area contributed by atoms with E-state index in [1.54, 1.807) is 13.4 Å². The minimum Gasteiger partial charge on any atom is -0.491 e. The number of nitrogens with zero attached hydrogens (tertiary/aromatic N) is 4. The Morgan fingerprint density at radius 1 is 0.806 bits per heavy atom. The first kappa shape index (κ1) is 23.3. The molecule has 0 saturated carbocycles. The fourth-order valence-electron chi connectivity index (χ4n) is 3.92. The normalized spacial score (nSPS) is 10.9. The third-order valence-electron chi connectivity index (χ3n) is 5.67. The zero-order chi connectivity index (χ0) is 24.6. The zero-order valence-electron chi connectivity index (χ0n) is 20.1. The van der Waals surface area contributed by atoms with Gasteiger partial charge in [-0.05, 0) is 35.4 Å². The van der Waals surface area contributed by atoms with Crippen molar-refractivity contribution < 1.29 is 9.47 Å². The molecule has 0 radical (unpaired) electrons. The van der Waals surface area contributed by atoms with E-state index in [1.165, 1.54) is 11.1 Å². The number of benzene rings is 3. The number of nitrogens with one attached hydrogen (secondary N) is 2. The van der Waals surface area contributed by atoms with Crippen LogP contribution in [0.15, 0.2) is 91.3 Å². The van der Waals surface area contributed by atoms with Gasteiger partial charge in [0.05, 0.1) is 12.9 Å². The molecule has 182 valence electrons. The van der Waals surface area contributed by atoms with E-state index < -0.39 is 0 Å². The second-order valence-electron chi connectivity index (χ2n) is 8.29. The fourth-order valence-corrected chi connectivity index (χ4v) is 3.92. The molecule has 0 unspecified atom stereocenters. The monoisotopic (exact) mass is 480 g/mol. The fraction of sp³-hybridized carbons (Fsp3) is 0.179. The van der Waals surface area contributed by atoms with Crippen LogP contribution in [0, 0.1) is 0 Å². The van der Waals surface area contributed by atoms with Gasteiger partial charge in [-0.15, -0.1) is 0 Å². The largest absolute Gasteiger partial charge is 0.491 e. The Morgan fingerprint density at radius 2 is 1.47 bits per heavy atom. The second kappa shape index (κ2) is 11.3. The summed E-state index contributed by atoms with van der Waals surface area (Å²) in [4.78, 5) is 19.5.